The Labute approximate surface area is 286 Å². The average Bonchev–Trinajstić information content (AvgIpc) is 3.06. The van der Waals surface area contributed by atoms with Crippen LogP contribution in [0.3, 0.4) is 0 Å². The van der Waals surface area contributed by atoms with E-state index in [0.29, 0.717) is 12.8 Å². The molecular weight excluding hydrogens is 574 g/mol. The molecule has 1 amide bonds. The maximum absolute atomic E-state index is 12.5. The van der Waals surface area contributed by atoms with E-state index >= 15 is 0 Å². The number of amides is 1. The number of aliphatic hydroxyl groups is 4. The van der Waals surface area contributed by atoms with Crippen molar-refractivity contribution in [3.63, 3.8) is 0 Å². The van der Waals surface area contributed by atoms with Crippen LogP contribution in [0.4, 0.5) is 0 Å². The van der Waals surface area contributed by atoms with E-state index in [1.54, 1.807) is 0 Å². The summed E-state index contributed by atoms with van der Waals surface area (Å²) in [5.74, 6) is -0.581. The second-order valence-electron chi connectivity index (χ2n) is 14.3. The van der Waals surface area contributed by atoms with Crippen LogP contribution in [0.5, 0.6) is 0 Å². The Balaban J connectivity index is 3.74. The first-order chi connectivity index (χ1) is 22.5. The third kappa shape index (κ3) is 29.4. The van der Waals surface area contributed by atoms with Gasteiger partial charge in [0.05, 0.1) is 18.8 Å². The number of carbonyl (C=O) groups is 1. The maximum atomic E-state index is 12.5. The van der Waals surface area contributed by atoms with E-state index < -0.39 is 36.9 Å². The zero-order valence-corrected chi connectivity index (χ0v) is 30.8. The van der Waals surface area contributed by atoms with E-state index in [1.165, 1.54) is 154 Å². The van der Waals surface area contributed by atoms with E-state index in [0.717, 1.165) is 38.5 Å². The lowest BCUT2D eigenvalue weighted by Crippen LogP contribution is -2.53. The zero-order chi connectivity index (χ0) is 33.9. The molecule has 0 aliphatic heterocycles. The average molecular weight is 656 g/mol. The smallest absolute Gasteiger partial charge is 0.249 e. The van der Waals surface area contributed by atoms with E-state index in [2.05, 4.69) is 19.2 Å². The van der Waals surface area contributed by atoms with Crippen LogP contribution >= 0.6 is 0 Å². The maximum Gasteiger partial charge on any atom is 0.249 e. The normalized spacial score (nSPS) is 14.3. The van der Waals surface area contributed by atoms with Crippen molar-refractivity contribution < 1.29 is 25.2 Å². The van der Waals surface area contributed by atoms with Gasteiger partial charge >= 0.3 is 0 Å². The van der Waals surface area contributed by atoms with Crippen molar-refractivity contribution in [1.29, 1.82) is 0 Å². The highest BCUT2D eigenvalue weighted by molar-refractivity contribution is 5.80. The molecule has 0 radical (unpaired) electrons. The lowest BCUT2D eigenvalue weighted by atomic mass is 9.99. The number of hydrogen-bond donors (Lipinski definition) is 5. The van der Waals surface area contributed by atoms with Gasteiger partial charge in [-0.05, 0) is 12.8 Å². The van der Waals surface area contributed by atoms with Crippen molar-refractivity contribution in [2.75, 3.05) is 6.61 Å². The molecule has 46 heavy (non-hydrogen) atoms. The van der Waals surface area contributed by atoms with Gasteiger partial charge in [0.15, 0.2) is 0 Å². The highest BCUT2D eigenvalue weighted by Crippen LogP contribution is 2.17. The number of aliphatic hydroxyl groups excluding tert-OH is 4. The summed E-state index contributed by atoms with van der Waals surface area (Å²) in [7, 11) is 0. The Bertz CT molecular complexity index is 618. The first kappa shape index (κ1) is 45.3. The molecule has 0 aliphatic carbocycles. The Hall–Kier alpha value is -0.690. The van der Waals surface area contributed by atoms with Crippen molar-refractivity contribution in [2.45, 2.75) is 244 Å². The third-order valence-electron chi connectivity index (χ3n) is 9.82. The summed E-state index contributed by atoms with van der Waals surface area (Å²) in [5.41, 5.74) is 0. The molecule has 0 fully saturated rings. The first-order valence-electron chi connectivity index (χ1n) is 20.4. The number of unbranched alkanes of at least 4 members (excludes halogenated alkanes) is 28. The van der Waals surface area contributed by atoms with Crippen LogP contribution in [0.2, 0.25) is 0 Å². The summed E-state index contributed by atoms with van der Waals surface area (Å²) in [5, 5.41) is 43.6. The highest BCUT2D eigenvalue weighted by Gasteiger charge is 2.28. The van der Waals surface area contributed by atoms with Crippen LogP contribution in [0.1, 0.15) is 219 Å². The molecule has 0 heterocycles. The minimum absolute atomic E-state index is 0.375. The molecule has 0 rings (SSSR count). The fourth-order valence-corrected chi connectivity index (χ4v) is 6.52. The Morgan fingerprint density at radius 2 is 0.739 bits per heavy atom. The van der Waals surface area contributed by atoms with Gasteiger partial charge in [0, 0.05) is 0 Å². The molecule has 0 saturated heterocycles. The molecule has 0 aliphatic rings. The molecule has 0 aromatic heterocycles. The van der Waals surface area contributed by atoms with Gasteiger partial charge in [-0.15, -0.1) is 0 Å². The van der Waals surface area contributed by atoms with Crippen LogP contribution in [-0.2, 0) is 4.79 Å². The fraction of sp³-hybridized carbons (Fsp3) is 0.975. The Kier molecular flexibility index (Phi) is 35.1. The second kappa shape index (κ2) is 35.6. The van der Waals surface area contributed by atoms with E-state index in [9.17, 15) is 25.2 Å². The predicted molar refractivity (Wildman–Crippen MR) is 196 cm³/mol. The van der Waals surface area contributed by atoms with Gasteiger partial charge in [0.1, 0.15) is 12.2 Å². The minimum Gasteiger partial charge on any atom is -0.394 e. The van der Waals surface area contributed by atoms with Gasteiger partial charge in [-0.2, -0.15) is 0 Å². The largest absolute Gasteiger partial charge is 0.394 e. The molecule has 0 bridgehead atoms. The summed E-state index contributed by atoms with van der Waals surface area (Å²) in [6, 6.07) is -0.977. The minimum atomic E-state index is -1.25. The molecular formula is C40H81NO5. The Morgan fingerprint density at radius 3 is 1.04 bits per heavy atom. The van der Waals surface area contributed by atoms with Crippen LogP contribution in [0, 0.1) is 0 Å². The molecule has 2 unspecified atom stereocenters. The SMILES string of the molecule is CCCCCCCCCCCCCCCCCCC(O)C(=O)N[C@H](CO)[C@H](O)C(O)CCCCCCCCCCCCCCCC. The number of nitrogens with one attached hydrogen (secondary N) is 1. The molecule has 0 aromatic carbocycles. The van der Waals surface area contributed by atoms with Crippen LogP contribution in [0.25, 0.3) is 0 Å². The van der Waals surface area contributed by atoms with E-state index in [1.807, 2.05) is 0 Å². The van der Waals surface area contributed by atoms with Crippen LogP contribution in [-0.4, -0.2) is 57.3 Å². The van der Waals surface area contributed by atoms with Gasteiger partial charge < -0.3 is 25.7 Å². The lowest BCUT2D eigenvalue weighted by molar-refractivity contribution is -0.132. The number of rotatable bonds is 37. The highest BCUT2D eigenvalue weighted by atomic mass is 16.3. The summed E-state index contributed by atoms with van der Waals surface area (Å²) >= 11 is 0. The number of carbonyl (C=O) groups excluding carboxylic acids is 1. The van der Waals surface area contributed by atoms with Crippen molar-refractivity contribution in [3.05, 3.63) is 0 Å². The third-order valence-corrected chi connectivity index (χ3v) is 9.82. The van der Waals surface area contributed by atoms with Gasteiger partial charge in [-0.1, -0.05) is 206 Å². The zero-order valence-electron chi connectivity index (χ0n) is 30.8. The first-order valence-corrected chi connectivity index (χ1v) is 20.4. The Morgan fingerprint density at radius 1 is 0.457 bits per heavy atom. The standard InChI is InChI=1S/C40H81NO5/c1-3-5-7-9-11-13-15-17-19-20-22-24-26-28-30-32-34-38(44)40(46)41-36(35-42)39(45)37(43)33-31-29-27-25-23-21-18-16-14-12-10-8-6-4-2/h36-39,42-45H,3-35H2,1-2H3,(H,41,46)/t36-,37?,38?,39+/m1/s1. The number of hydrogen-bond acceptors (Lipinski definition) is 5. The van der Waals surface area contributed by atoms with Crippen molar-refractivity contribution in [2.24, 2.45) is 0 Å². The van der Waals surface area contributed by atoms with Gasteiger partial charge in [-0.3, -0.25) is 4.79 Å². The monoisotopic (exact) mass is 656 g/mol. The summed E-state index contributed by atoms with van der Waals surface area (Å²) < 4.78 is 0. The molecule has 6 nitrogen and oxygen atoms in total. The summed E-state index contributed by atoms with van der Waals surface area (Å²) in [6.45, 7) is 4.05. The van der Waals surface area contributed by atoms with E-state index in [-0.39, 0.29) is 0 Å². The quantitative estimate of drug-likeness (QED) is 0.0428. The van der Waals surface area contributed by atoms with Gasteiger partial charge in [0.25, 0.3) is 0 Å². The second-order valence-corrected chi connectivity index (χ2v) is 14.3. The summed E-state index contributed by atoms with van der Waals surface area (Å²) in [4.78, 5) is 12.5. The topological polar surface area (TPSA) is 110 Å². The molecule has 4 atom stereocenters. The molecule has 0 saturated carbocycles. The molecule has 276 valence electrons. The lowest BCUT2D eigenvalue weighted by Gasteiger charge is -2.27. The molecule has 0 aromatic rings. The molecule has 6 heteroatoms. The van der Waals surface area contributed by atoms with Crippen LogP contribution in [0.15, 0.2) is 0 Å². The van der Waals surface area contributed by atoms with Crippen molar-refractivity contribution >= 4 is 5.91 Å². The van der Waals surface area contributed by atoms with E-state index in [4.69, 9.17) is 0 Å². The summed E-state index contributed by atoms with van der Waals surface area (Å²) in [6.07, 6.45) is 35.5. The molecule has 0 spiro atoms. The van der Waals surface area contributed by atoms with Crippen molar-refractivity contribution in [1.82, 2.24) is 5.32 Å². The fourth-order valence-electron chi connectivity index (χ4n) is 6.52. The van der Waals surface area contributed by atoms with Gasteiger partial charge in [-0.25, -0.2) is 0 Å². The van der Waals surface area contributed by atoms with Gasteiger partial charge in [0.2, 0.25) is 5.91 Å². The predicted octanol–water partition coefficient (Wildman–Crippen LogP) is 10.1. The van der Waals surface area contributed by atoms with Crippen molar-refractivity contribution in [3.8, 4) is 0 Å². The van der Waals surface area contributed by atoms with Crippen LogP contribution < -0.4 is 5.32 Å². The molecule has 5 N–H and O–H groups in total.